The van der Waals surface area contributed by atoms with Crippen molar-refractivity contribution in [2.24, 2.45) is 11.8 Å². The van der Waals surface area contributed by atoms with Crippen molar-refractivity contribution >= 4 is 33.3 Å². The van der Waals surface area contributed by atoms with E-state index in [1.54, 1.807) is 17.7 Å². The molecule has 28 heavy (non-hydrogen) atoms. The number of piperidine rings is 1. The van der Waals surface area contributed by atoms with Gasteiger partial charge in [0.2, 0.25) is 5.91 Å². The highest BCUT2D eigenvalue weighted by molar-refractivity contribution is 7.18. The van der Waals surface area contributed by atoms with Crippen molar-refractivity contribution in [1.82, 2.24) is 19.8 Å². The van der Waals surface area contributed by atoms with Crippen LogP contribution in [0.3, 0.4) is 0 Å². The Kier molecular flexibility index (Phi) is 5.56. The first kappa shape index (κ1) is 19.6. The monoisotopic (exact) mass is 401 g/mol. The van der Waals surface area contributed by atoms with Crippen molar-refractivity contribution < 1.29 is 4.79 Å². The molecule has 2 fully saturated rings. The zero-order valence-corrected chi connectivity index (χ0v) is 18.3. The minimum absolute atomic E-state index is 0.292. The van der Waals surface area contributed by atoms with Crippen LogP contribution in [0.25, 0.3) is 10.2 Å². The summed E-state index contributed by atoms with van der Waals surface area (Å²) in [5.41, 5.74) is 1.29. The van der Waals surface area contributed by atoms with Crippen LogP contribution < -0.4 is 4.90 Å². The fourth-order valence-electron chi connectivity index (χ4n) is 4.68. The zero-order valence-electron chi connectivity index (χ0n) is 17.4. The van der Waals surface area contributed by atoms with Crippen molar-refractivity contribution in [3.8, 4) is 0 Å². The molecule has 0 aliphatic carbocycles. The van der Waals surface area contributed by atoms with Crippen molar-refractivity contribution in [2.45, 2.75) is 34.1 Å². The first-order chi connectivity index (χ1) is 13.4. The molecule has 0 bridgehead atoms. The second-order valence-electron chi connectivity index (χ2n) is 8.67. The van der Waals surface area contributed by atoms with E-state index in [-0.39, 0.29) is 0 Å². The lowest BCUT2D eigenvalue weighted by atomic mass is 9.92. The maximum Gasteiger partial charge on any atom is 0.236 e. The van der Waals surface area contributed by atoms with Gasteiger partial charge in [0.05, 0.1) is 11.9 Å². The standard InChI is InChI=1S/C21H31N5OS/c1-14-9-15(2)11-26(10-14)18(27)12-24-5-7-25(8-6-24)20-19-16(3)17(4)28-21(19)23-13-22-20/h13-15H,5-12H2,1-4H3. The second kappa shape index (κ2) is 7.95. The molecule has 2 aliphatic heterocycles. The number of anilines is 1. The van der Waals surface area contributed by atoms with E-state index < -0.39 is 0 Å². The number of likely N-dealkylation sites (tertiary alicyclic amines) is 1. The molecule has 0 saturated carbocycles. The normalized spacial score (nSPS) is 24.1. The van der Waals surface area contributed by atoms with Crippen LogP contribution in [0.5, 0.6) is 0 Å². The molecule has 2 unspecified atom stereocenters. The van der Waals surface area contributed by atoms with E-state index in [4.69, 9.17) is 0 Å². The summed E-state index contributed by atoms with van der Waals surface area (Å²) in [5, 5.41) is 1.20. The maximum atomic E-state index is 12.8. The lowest BCUT2D eigenvalue weighted by Crippen LogP contribution is -2.52. The van der Waals surface area contributed by atoms with Crippen LogP contribution in [0.2, 0.25) is 0 Å². The number of piperazine rings is 1. The van der Waals surface area contributed by atoms with E-state index >= 15 is 0 Å². The van der Waals surface area contributed by atoms with E-state index in [1.807, 2.05) is 0 Å². The van der Waals surface area contributed by atoms with E-state index in [0.717, 1.165) is 49.9 Å². The SMILES string of the molecule is Cc1sc2ncnc(N3CCN(CC(=O)N4CC(C)CC(C)C4)CC3)c2c1C. The molecule has 6 nitrogen and oxygen atoms in total. The minimum Gasteiger partial charge on any atom is -0.353 e. The molecular formula is C21H31N5OS. The van der Waals surface area contributed by atoms with E-state index in [1.165, 1.54) is 22.2 Å². The number of aromatic nitrogens is 2. The summed E-state index contributed by atoms with van der Waals surface area (Å²) in [4.78, 5) is 31.0. The number of rotatable bonds is 3. The Balaban J connectivity index is 1.38. The number of hydrogen-bond acceptors (Lipinski definition) is 6. The van der Waals surface area contributed by atoms with Gasteiger partial charge in [0.15, 0.2) is 0 Å². The van der Waals surface area contributed by atoms with Gasteiger partial charge in [0.25, 0.3) is 0 Å². The van der Waals surface area contributed by atoms with E-state index in [0.29, 0.717) is 24.3 Å². The van der Waals surface area contributed by atoms with Crippen LogP contribution in [-0.2, 0) is 4.79 Å². The van der Waals surface area contributed by atoms with Crippen LogP contribution in [0, 0.1) is 25.7 Å². The summed E-state index contributed by atoms with van der Waals surface area (Å²) < 4.78 is 0. The topological polar surface area (TPSA) is 52.6 Å². The predicted octanol–water partition coefficient (Wildman–Crippen LogP) is 2.93. The number of fused-ring (bicyclic) bond motifs is 1. The Bertz CT molecular complexity index is 848. The van der Waals surface area contributed by atoms with Crippen LogP contribution in [0.4, 0.5) is 5.82 Å². The lowest BCUT2D eigenvalue weighted by molar-refractivity contribution is -0.135. The summed E-state index contributed by atoms with van der Waals surface area (Å²) in [6, 6.07) is 0. The molecule has 1 amide bonds. The first-order valence-electron chi connectivity index (χ1n) is 10.4. The van der Waals surface area contributed by atoms with Gasteiger partial charge in [-0.25, -0.2) is 9.97 Å². The molecule has 4 heterocycles. The Morgan fingerprint density at radius 2 is 1.79 bits per heavy atom. The summed E-state index contributed by atoms with van der Waals surface area (Å²) in [6.45, 7) is 14.8. The molecule has 0 radical (unpaired) electrons. The number of carbonyl (C=O) groups excluding carboxylic acids is 1. The molecule has 2 aliphatic rings. The van der Waals surface area contributed by atoms with Crippen molar-refractivity contribution in [3.63, 3.8) is 0 Å². The van der Waals surface area contributed by atoms with E-state index in [9.17, 15) is 4.79 Å². The molecule has 2 aromatic heterocycles. The van der Waals surface area contributed by atoms with Crippen molar-refractivity contribution in [3.05, 3.63) is 16.8 Å². The van der Waals surface area contributed by atoms with Gasteiger partial charge in [0.1, 0.15) is 17.0 Å². The number of hydrogen-bond donors (Lipinski definition) is 0. The first-order valence-corrected chi connectivity index (χ1v) is 11.2. The van der Waals surface area contributed by atoms with Gasteiger partial charge in [0, 0.05) is 44.1 Å². The quantitative estimate of drug-likeness (QED) is 0.792. The largest absolute Gasteiger partial charge is 0.353 e. The molecule has 0 N–H and O–H groups in total. The summed E-state index contributed by atoms with van der Waals surface area (Å²) >= 11 is 1.74. The summed E-state index contributed by atoms with van der Waals surface area (Å²) in [5.74, 6) is 2.57. The molecular weight excluding hydrogens is 370 g/mol. The van der Waals surface area contributed by atoms with Gasteiger partial charge in [-0.3, -0.25) is 9.69 Å². The average molecular weight is 402 g/mol. The summed E-state index contributed by atoms with van der Waals surface area (Å²) in [6.07, 6.45) is 2.92. The molecule has 4 rings (SSSR count). The van der Waals surface area contributed by atoms with Crippen LogP contribution in [0.1, 0.15) is 30.7 Å². The zero-order chi connectivity index (χ0) is 19.8. The van der Waals surface area contributed by atoms with E-state index in [2.05, 4.69) is 52.4 Å². The summed E-state index contributed by atoms with van der Waals surface area (Å²) in [7, 11) is 0. The highest BCUT2D eigenvalue weighted by Crippen LogP contribution is 2.34. The van der Waals surface area contributed by atoms with Gasteiger partial charge in [-0.1, -0.05) is 13.8 Å². The lowest BCUT2D eigenvalue weighted by Gasteiger charge is -2.38. The van der Waals surface area contributed by atoms with Crippen LogP contribution in [-0.4, -0.2) is 71.5 Å². The van der Waals surface area contributed by atoms with Gasteiger partial charge in [-0.15, -0.1) is 11.3 Å². The fraction of sp³-hybridized carbons (Fsp3) is 0.667. The molecule has 0 spiro atoms. The Morgan fingerprint density at radius 3 is 2.46 bits per heavy atom. The molecule has 2 atom stereocenters. The third kappa shape index (κ3) is 3.87. The predicted molar refractivity (Wildman–Crippen MR) is 115 cm³/mol. The molecule has 2 saturated heterocycles. The third-order valence-electron chi connectivity index (χ3n) is 6.20. The fourth-order valence-corrected chi connectivity index (χ4v) is 5.67. The van der Waals surface area contributed by atoms with Gasteiger partial charge in [-0.2, -0.15) is 0 Å². The number of amides is 1. The van der Waals surface area contributed by atoms with Gasteiger partial charge >= 0.3 is 0 Å². The maximum absolute atomic E-state index is 12.8. The number of thiophene rings is 1. The highest BCUT2D eigenvalue weighted by Gasteiger charge is 2.28. The third-order valence-corrected chi connectivity index (χ3v) is 7.31. The molecule has 152 valence electrons. The average Bonchev–Trinajstić information content (AvgIpc) is 2.96. The number of carbonyl (C=O) groups is 1. The van der Waals surface area contributed by atoms with Gasteiger partial charge in [-0.05, 0) is 37.7 Å². The Morgan fingerprint density at radius 1 is 1.11 bits per heavy atom. The van der Waals surface area contributed by atoms with Crippen molar-refractivity contribution in [1.29, 1.82) is 0 Å². The number of nitrogens with zero attached hydrogens (tertiary/aromatic N) is 5. The minimum atomic E-state index is 0.292. The van der Waals surface area contributed by atoms with Gasteiger partial charge < -0.3 is 9.80 Å². The second-order valence-corrected chi connectivity index (χ2v) is 9.87. The van der Waals surface area contributed by atoms with Crippen LogP contribution >= 0.6 is 11.3 Å². The number of aryl methyl sites for hydroxylation is 2. The van der Waals surface area contributed by atoms with Crippen LogP contribution in [0.15, 0.2) is 6.33 Å². The highest BCUT2D eigenvalue weighted by atomic mass is 32.1. The Hall–Kier alpha value is -1.73. The van der Waals surface area contributed by atoms with Crippen molar-refractivity contribution in [2.75, 3.05) is 50.7 Å². The molecule has 7 heteroatoms. The molecule has 2 aromatic rings. The molecule has 0 aromatic carbocycles. The Labute approximate surface area is 171 Å². The smallest absolute Gasteiger partial charge is 0.236 e.